The molecule has 3 heteroatoms. The summed E-state index contributed by atoms with van der Waals surface area (Å²) in [6.45, 7) is 10.8. The third kappa shape index (κ3) is 3.48. The van der Waals surface area contributed by atoms with Crippen LogP contribution in [0.5, 0.6) is 5.75 Å². The van der Waals surface area contributed by atoms with Crippen molar-refractivity contribution in [2.24, 2.45) is 0 Å². The number of ether oxygens (including phenoxy) is 1. The van der Waals surface area contributed by atoms with Crippen LogP contribution < -0.4 is 15.4 Å². The number of methoxy groups -OCH3 is 1. The summed E-state index contributed by atoms with van der Waals surface area (Å²) < 4.78 is 5.36. The molecule has 1 aromatic carbocycles. The SMILES string of the molecule is COc1cc(C)c(CNC2CNC(C)(C)C2)cc1C. The molecule has 0 spiro atoms. The number of aryl methyl sites for hydroxylation is 2. The lowest BCUT2D eigenvalue weighted by Crippen LogP contribution is -2.31. The first-order chi connectivity index (χ1) is 8.91. The lowest BCUT2D eigenvalue weighted by atomic mass is 10.0. The van der Waals surface area contributed by atoms with Gasteiger partial charge in [-0.1, -0.05) is 6.07 Å². The molecule has 0 aliphatic carbocycles. The summed E-state index contributed by atoms with van der Waals surface area (Å²) in [5, 5.41) is 7.20. The van der Waals surface area contributed by atoms with E-state index in [1.54, 1.807) is 7.11 Å². The highest BCUT2D eigenvalue weighted by Gasteiger charge is 2.29. The zero-order valence-corrected chi connectivity index (χ0v) is 12.8. The molecule has 1 saturated heterocycles. The van der Waals surface area contributed by atoms with E-state index in [9.17, 15) is 0 Å². The third-order valence-electron chi connectivity index (χ3n) is 4.02. The minimum absolute atomic E-state index is 0.266. The van der Waals surface area contributed by atoms with Crippen LogP contribution in [0, 0.1) is 13.8 Å². The summed E-state index contributed by atoms with van der Waals surface area (Å²) in [6, 6.07) is 4.93. The molecule has 0 aromatic heterocycles. The van der Waals surface area contributed by atoms with Crippen molar-refractivity contribution >= 4 is 0 Å². The number of rotatable bonds is 4. The fourth-order valence-corrected chi connectivity index (χ4v) is 2.82. The Hall–Kier alpha value is -1.06. The van der Waals surface area contributed by atoms with Gasteiger partial charge in [0.1, 0.15) is 5.75 Å². The Labute approximate surface area is 116 Å². The molecule has 3 nitrogen and oxygen atoms in total. The Morgan fingerprint density at radius 2 is 2.05 bits per heavy atom. The Bertz CT molecular complexity index is 454. The first-order valence-electron chi connectivity index (χ1n) is 7.04. The summed E-state index contributed by atoms with van der Waals surface area (Å²) in [7, 11) is 1.73. The van der Waals surface area contributed by atoms with Gasteiger partial charge in [0.25, 0.3) is 0 Å². The molecule has 1 aromatic rings. The van der Waals surface area contributed by atoms with Crippen LogP contribution in [0.2, 0.25) is 0 Å². The highest BCUT2D eigenvalue weighted by Crippen LogP contribution is 2.23. The largest absolute Gasteiger partial charge is 0.496 e. The molecular formula is C16H26N2O. The highest BCUT2D eigenvalue weighted by molar-refractivity contribution is 5.41. The molecule has 1 unspecified atom stereocenters. The number of hydrogen-bond acceptors (Lipinski definition) is 3. The van der Waals surface area contributed by atoms with Crippen molar-refractivity contribution in [1.29, 1.82) is 0 Å². The van der Waals surface area contributed by atoms with Gasteiger partial charge in [-0.25, -0.2) is 0 Å². The van der Waals surface area contributed by atoms with Gasteiger partial charge in [-0.2, -0.15) is 0 Å². The van der Waals surface area contributed by atoms with E-state index in [2.05, 4.69) is 50.5 Å². The molecule has 19 heavy (non-hydrogen) atoms. The molecular weight excluding hydrogens is 236 g/mol. The van der Waals surface area contributed by atoms with Crippen LogP contribution in [0.25, 0.3) is 0 Å². The van der Waals surface area contributed by atoms with Gasteiger partial charge in [-0.3, -0.25) is 0 Å². The van der Waals surface area contributed by atoms with Gasteiger partial charge in [0, 0.05) is 24.7 Å². The Balaban J connectivity index is 1.98. The van der Waals surface area contributed by atoms with Crippen LogP contribution in [0.1, 0.15) is 37.0 Å². The van der Waals surface area contributed by atoms with E-state index in [1.807, 2.05) is 0 Å². The highest BCUT2D eigenvalue weighted by atomic mass is 16.5. The molecule has 0 saturated carbocycles. The summed E-state index contributed by atoms with van der Waals surface area (Å²) in [6.07, 6.45) is 1.18. The fourth-order valence-electron chi connectivity index (χ4n) is 2.82. The Kier molecular flexibility index (Phi) is 4.16. The fraction of sp³-hybridized carbons (Fsp3) is 0.625. The van der Waals surface area contributed by atoms with E-state index in [4.69, 9.17) is 4.74 Å². The zero-order valence-electron chi connectivity index (χ0n) is 12.8. The zero-order chi connectivity index (χ0) is 14.0. The smallest absolute Gasteiger partial charge is 0.122 e. The Morgan fingerprint density at radius 1 is 1.32 bits per heavy atom. The molecule has 1 aliphatic rings. The van der Waals surface area contributed by atoms with Crippen LogP contribution >= 0.6 is 0 Å². The normalized spacial score (nSPS) is 21.6. The third-order valence-corrected chi connectivity index (χ3v) is 4.02. The molecule has 1 heterocycles. The molecule has 1 atom stereocenters. The summed E-state index contributed by atoms with van der Waals surface area (Å²) in [5.74, 6) is 0.977. The number of benzene rings is 1. The standard InChI is InChI=1S/C16H26N2O/c1-11-7-15(19-5)12(2)6-13(11)9-17-14-8-16(3,4)18-10-14/h6-7,14,17-18H,8-10H2,1-5H3. The predicted octanol–water partition coefficient (Wildman–Crippen LogP) is 2.54. The maximum atomic E-state index is 5.36. The van der Waals surface area contributed by atoms with Gasteiger partial charge in [-0.15, -0.1) is 0 Å². The van der Waals surface area contributed by atoms with E-state index in [0.717, 1.165) is 18.8 Å². The number of nitrogens with one attached hydrogen (secondary N) is 2. The van der Waals surface area contributed by atoms with E-state index in [-0.39, 0.29) is 5.54 Å². The Morgan fingerprint density at radius 3 is 2.63 bits per heavy atom. The summed E-state index contributed by atoms with van der Waals surface area (Å²) in [5.41, 5.74) is 4.13. The molecule has 1 aliphatic heterocycles. The second-order valence-corrected chi connectivity index (χ2v) is 6.30. The van der Waals surface area contributed by atoms with Crippen molar-refractivity contribution in [2.75, 3.05) is 13.7 Å². The topological polar surface area (TPSA) is 33.3 Å². The average molecular weight is 262 g/mol. The van der Waals surface area contributed by atoms with E-state index < -0.39 is 0 Å². The van der Waals surface area contributed by atoms with E-state index >= 15 is 0 Å². The lowest BCUT2D eigenvalue weighted by Gasteiger charge is -2.18. The lowest BCUT2D eigenvalue weighted by molar-refractivity contribution is 0.411. The minimum atomic E-state index is 0.266. The van der Waals surface area contributed by atoms with Gasteiger partial charge < -0.3 is 15.4 Å². The van der Waals surface area contributed by atoms with Crippen LogP contribution in [-0.2, 0) is 6.54 Å². The monoisotopic (exact) mass is 262 g/mol. The second-order valence-electron chi connectivity index (χ2n) is 6.30. The van der Waals surface area contributed by atoms with Crippen molar-refractivity contribution in [3.05, 3.63) is 28.8 Å². The first-order valence-corrected chi connectivity index (χ1v) is 7.04. The van der Waals surface area contributed by atoms with E-state index in [0.29, 0.717) is 6.04 Å². The molecule has 0 bridgehead atoms. The van der Waals surface area contributed by atoms with Crippen LogP contribution in [0.4, 0.5) is 0 Å². The molecule has 106 valence electrons. The maximum absolute atomic E-state index is 5.36. The van der Waals surface area contributed by atoms with Crippen molar-refractivity contribution in [2.45, 2.75) is 52.2 Å². The van der Waals surface area contributed by atoms with Gasteiger partial charge >= 0.3 is 0 Å². The van der Waals surface area contributed by atoms with Crippen LogP contribution in [0.3, 0.4) is 0 Å². The van der Waals surface area contributed by atoms with Crippen molar-refractivity contribution in [3.63, 3.8) is 0 Å². The van der Waals surface area contributed by atoms with Crippen LogP contribution in [0.15, 0.2) is 12.1 Å². The van der Waals surface area contributed by atoms with Crippen molar-refractivity contribution in [3.8, 4) is 5.75 Å². The van der Waals surface area contributed by atoms with Gasteiger partial charge in [0.05, 0.1) is 7.11 Å². The average Bonchev–Trinajstić information content (AvgIpc) is 2.69. The van der Waals surface area contributed by atoms with Gasteiger partial charge in [-0.05, 0) is 56.9 Å². The molecule has 2 rings (SSSR count). The minimum Gasteiger partial charge on any atom is -0.496 e. The summed E-state index contributed by atoms with van der Waals surface area (Å²) >= 11 is 0. The second kappa shape index (κ2) is 5.51. The van der Waals surface area contributed by atoms with Gasteiger partial charge in [0.15, 0.2) is 0 Å². The molecule has 2 N–H and O–H groups in total. The molecule has 0 radical (unpaired) electrons. The van der Waals surface area contributed by atoms with Crippen LogP contribution in [-0.4, -0.2) is 25.2 Å². The first kappa shape index (κ1) is 14.4. The van der Waals surface area contributed by atoms with Gasteiger partial charge in [0.2, 0.25) is 0 Å². The quantitative estimate of drug-likeness (QED) is 0.875. The van der Waals surface area contributed by atoms with E-state index in [1.165, 1.54) is 23.1 Å². The maximum Gasteiger partial charge on any atom is 0.122 e. The predicted molar refractivity (Wildman–Crippen MR) is 79.8 cm³/mol. The molecule has 0 amide bonds. The number of hydrogen-bond donors (Lipinski definition) is 2. The van der Waals surface area contributed by atoms with Crippen molar-refractivity contribution < 1.29 is 4.74 Å². The molecule has 1 fully saturated rings. The summed E-state index contributed by atoms with van der Waals surface area (Å²) in [4.78, 5) is 0. The van der Waals surface area contributed by atoms with Crippen molar-refractivity contribution in [1.82, 2.24) is 10.6 Å².